The van der Waals surface area contributed by atoms with Gasteiger partial charge in [0, 0.05) is 6.21 Å². The molecule has 0 amide bonds. The van der Waals surface area contributed by atoms with Gasteiger partial charge < -0.3 is 0 Å². The Kier molecular flexibility index (Phi) is 5.21. The molecule has 0 aromatic rings. The molecule has 0 atom stereocenters. The quantitative estimate of drug-likeness (QED) is 0.340. The summed E-state index contributed by atoms with van der Waals surface area (Å²) in [5.41, 5.74) is 2.88. The normalized spacial score (nSPS) is 11.1. The van der Waals surface area contributed by atoms with Crippen molar-refractivity contribution in [2.45, 2.75) is 13.3 Å². The summed E-state index contributed by atoms with van der Waals surface area (Å²) < 4.78 is 0. The Bertz CT molecular complexity index is 78.4. The van der Waals surface area contributed by atoms with Crippen LogP contribution in [0.5, 0.6) is 0 Å². The smallest absolute Gasteiger partial charge is 0.0843 e. The van der Waals surface area contributed by atoms with Gasteiger partial charge in [-0.05, 0) is 20.5 Å². The van der Waals surface area contributed by atoms with Crippen LogP contribution in [0.25, 0.3) is 0 Å². The second-order valence-electron chi connectivity index (χ2n) is 2.12. The van der Waals surface area contributed by atoms with Crippen LogP contribution in [-0.4, -0.2) is 31.9 Å². The molecular formula is C6H15N3. The largest absolute Gasteiger partial charge is 0.296 e. The third-order valence-electron chi connectivity index (χ3n) is 0.752. The van der Waals surface area contributed by atoms with E-state index in [1.807, 2.05) is 25.2 Å². The molecule has 0 saturated carbocycles. The van der Waals surface area contributed by atoms with Crippen LogP contribution >= 0.6 is 0 Å². The van der Waals surface area contributed by atoms with Crippen LogP contribution in [-0.2, 0) is 0 Å². The second kappa shape index (κ2) is 5.56. The number of rotatable bonds is 4. The van der Waals surface area contributed by atoms with E-state index < -0.39 is 0 Å². The Morgan fingerprint density at radius 2 is 2.22 bits per heavy atom. The van der Waals surface area contributed by atoms with Crippen LogP contribution in [0.2, 0.25) is 0 Å². The maximum atomic E-state index is 3.91. The van der Waals surface area contributed by atoms with Crippen molar-refractivity contribution >= 4 is 6.21 Å². The lowest BCUT2D eigenvalue weighted by molar-refractivity contribution is 0.374. The molecule has 0 unspecified atom stereocenters. The molecule has 54 valence electrons. The number of hydrogen-bond acceptors (Lipinski definition) is 3. The highest BCUT2D eigenvalue weighted by Crippen LogP contribution is 1.68. The highest BCUT2D eigenvalue weighted by molar-refractivity contribution is 5.55. The van der Waals surface area contributed by atoms with E-state index in [0.29, 0.717) is 0 Å². The van der Waals surface area contributed by atoms with Crippen molar-refractivity contribution < 1.29 is 0 Å². The number of hydrogen-bond donors (Lipinski definition) is 1. The summed E-state index contributed by atoms with van der Waals surface area (Å²) in [5, 5.41) is 3.91. The van der Waals surface area contributed by atoms with Crippen molar-refractivity contribution in [3.8, 4) is 0 Å². The molecular weight excluding hydrogens is 114 g/mol. The van der Waals surface area contributed by atoms with E-state index in [-0.39, 0.29) is 0 Å². The van der Waals surface area contributed by atoms with E-state index in [1.165, 1.54) is 0 Å². The van der Waals surface area contributed by atoms with E-state index >= 15 is 0 Å². The van der Waals surface area contributed by atoms with E-state index in [0.717, 1.165) is 13.1 Å². The first-order valence-corrected chi connectivity index (χ1v) is 3.16. The molecule has 3 nitrogen and oxygen atoms in total. The van der Waals surface area contributed by atoms with Gasteiger partial charge in [-0.1, -0.05) is 6.92 Å². The molecule has 9 heavy (non-hydrogen) atoms. The van der Waals surface area contributed by atoms with Crippen LogP contribution in [0.15, 0.2) is 5.10 Å². The highest BCUT2D eigenvalue weighted by atomic mass is 15.4. The number of hydrazone groups is 1. The summed E-state index contributed by atoms with van der Waals surface area (Å²) in [4.78, 5) is 2.02. The molecule has 0 aromatic carbocycles. The van der Waals surface area contributed by atoms with Crippen molar-refractivity contribution in [3.63, 3.8) is 0 Å². The van der Waals surface area contributed by atoms with Crippen molar-refractivity contribution in [2.24, 2.45) is 5.10 Å². The minimum Gasteiger partial charge on any atom is -0.296 e. The standard InChI is InChI=1S/C6H15N3/c1-4-5-7-8-6-9(2)3/h5,8H,4,6H2,1-3H3/b7-5-. The van der Waals surface area contributed by atoms with Gasteiger partial charge in [0.2, 0.25) is 0 Å². The fourth-order valence-electron chi connectivity index (χ4n) is 0.338. The van der Waals surface area contributed by atoms with E-state index in [4.69, 9.17) is 0 Å². The lowest BCUT2D eigenvalue weighted by atomic mass is 10.6. The van der Waals surface area contributed by atoms with Gasteiger partial charge in [-0.25, -0.2) is 0 Å². The highest BCUT2D eigenvalue weighted by Gasteiger charge is 1.80. The van der Waals surface area contributed by atoms with E-state index in [1.54, 1.807) is 0 Å². The van der Waals surface area contributed by atoms with E-state index in [2.05, 4.69) is 17.5 Å². The predicted octanol–water partition coefficient (Wildman–Crippen LogP) is 0.491. The van der Waals surface area contributed by atoms with Crippen molar-refractivity contribution in [2.75, 3.05) is 20.8 Å². The third-order valence-corrected chi connectivity index (χ3v) is 0.752. The van der Waals surface area contributed by atoms with Crippen molar-refractivity contribution in [1.82, 2.24) is 10.3 Å². The summed E-state index contributed by atoms with van der Waals surface area (Å²) in [6.07, 6.45) is 2.84. The van der Waals surface area contributed by atoms with Crippen LogP contribution < -0.4 is 5.43 Å². The lowest BCUT2D eigenvalue weighted by Crippen LogP contribution is -2.23. The van der Waals surface area contributed by atoms with Crippen LogP contribution in [0.1, 0.15) is 13.3 Å². The zero-order valence-electron chi connectivity index (χ0n) is 6.39. The zero-order valence-corrected chi connectivity index (χ0v) is 6.39. The monoisotopic (exact) mass is 129 g/mol. The molecule has 0 bridgehead atoms. The first-order valence-electron chi connectivity index (χ1n) is 3.16. The molecule has 0 aliphatic rings. The van der Waals surface area contributed by atoms with E-state index in [9.17, 15) is 0 Å². The maximum absolute atomic E-state index is 3.91. The molecule has 0 fully saturated rings. The molecule has 0 radical (unpaired) electrons. The third kappa shape index (κ3) is 7.43. The maximum Gasteiger partial charge on any atom is 0.0843 e. The summed E-state index contributed by atoms with van der Waals surface area (Å²) >= 11 is 0. The van der Waals surface area contributed by atoms with Crippen LogP contribution in [0.3, 0.4) is 0 Å². The Balaban J connectivity index is 2.99. The van der Waals surface area contributed by atoms with Gasteiger partial charge in [-0.2, -0.15) is 5.10 Å². The molecule has 0 heterocycles. The minimum atomic E-state index is 0.802. The molecule has 1 N–H and O–H groups in total. The Morgan fingerprint density at radius 1 is 1.56 bits per heavy atom. The second-order valence-corrected chi connectivity index (χ2v) is 2.12. The van der Waals surface area contributed by atoms with Crippen LogP contribution in [0, 0.1) is 0 Å². The average molecular weight is 129 g/mol. The molecule has 0 spiro atoms. The number of nitrogens with one attached hydrogen (secondary N) is 1. The topological polar surface area (TPSA) is 27.6 Å². The first-order chi connectivity index (χ1) is 4.27. The Labute approximate surface area is 56.7 Å². The van der Waals surface area contributed by atoms with Gasteiger partial charge in [0.25, 0.3) is 0 Å². The van der Waals surface area contributed by atoms with Gasteiger partial charge in [0.05, 0.1) is 6.67 Å². The SMILES string of the molecule is CC/C=N\NCN(C)C. The molecule has 0 aliphatic heterocycles. The summed E-state index contributed by atoms with van der Waals surface area (Å²) in [5.74, 6) is 0. The van der Waals surface area contributed by atoms with Gasteiger partial charge >= 0.3 is 0 Å². The molecule has 0 saturated heterocycles. The van der Waals surface area contributed by atoms with Crippen LogP contribution in [0.4, 0.5) is 0 Å². The van der Waals surface area contributed by atoms with Crippen molar-refractivity contribution in [3.05, 3.63) is 0 Å². The molecule has 3 heteroatoms. The Morgan fingerprint density at radius 3 is 2.67 bits per heavy atom. The predicted molar refractivity (Wildman–Crippen MR) is 40.5 cm³/mol. The minimum absolute atomic E-state index is 0.802. The fraction of sp³-hybridized carbons (Fsp3) is 0.833. The average Bonchev–Trinajstić information content (AvgIpc) is 1.80. The summed E-state index contributed by atoms with van der Waals surface area (Å²) in [7, 11) is 3.99. The first kappa shape index (κ1) is 8.43. The Hall–Kier alpha value is -0.570. The lowest BCUT2D eigenvalue weighted by Gasteiger charge is -2.06. The van der Waals surface area contributed by atoms with Gasteiger partial charge in [0.15, 0.2) is 0 Å². The molecule has 0 aliphatic carbocycles. The molecule has 0 aromatic heterocycles. The van der Waals surface area contributed by atoms with Crippen molar-refractivity contribution in [1.29, 1.82) is 0 Å². The summed E-state index contributed by atoms with van der Waals surface area (Å²) in [6.45, 7) is 2.86. The van der Waals surface area contributed by atoms with Gasteiger partial charge in [-0.3, -0.25) is 10.3 Å². The fourth-order valence-corrected chi connectivity index (χ4v) is 0.338. The van der Waals surface area contributed by atoms with Gasteiger partial charge in [0.1, 0.15) is 0 Å². The zero-order chi connectivity index (χ0) is 7.11. The molecule has 0 rings (SSSR count). The number of nitrogens with zero attached hydrogens (tertiary/aromatic N) is 2. The van der Waals surface area contributed by atoms with Gasteiger partial charge in [-0.15, -0.1) is 0 Å². The summed E-state index contributed by atoms with van der Waals surface area (Å²) in [6, 6.07) is 0.